The third-order valence-corrected chi connectivity index (χ3v) is 6.01. The number of carbonyl (C=O) groups excluding carboxylic acids is 1. The first-order valence-electron chi connectivity index (χ1n) is 7.05. The molecule has 1 aliphatic heterocycles. The number of hydrogen-bond donors (Lipinski definition) is 1. The Kier molecular flexibility index (Phi) is 5.57. The maximum atomic E-state index is 12.5. The molecule has 1 saturated heterocycles. The molecule has 1 unspecified atom stereocenters. The molecule has 20 heavy (non-hydrogen) atoms. The molecule has 0 aromatic carbocycles. The summed E-state index contributed by atoms with van der Waals surface area (Å²) in [5.74, 6) is -0.162. The molecule has 0 aromatic heterocycles. The highest BCUT2D eigenvalue weighted by molar-refractivity contribution is 7.89. The van der Waals surface area contributed by atoms with Crippen molar-refractivity contribution in [3.63, 3.8) is 0 Å². The zero-order valence-electron chi connectivity index (χ0n) is 12.8. The minimum Gasteiger partial charge on any atom is -0.394 e. The van der Waals surface area contributed by atoms with Crippen molar-refractivity contribution in [1.82, 2.24) is 9.21 Å². The second-order valence-electron chi connectivity index (χ2n) is 5.95. The van der Waals surface area contributed by atoms with Crippen LogP contribution < -0.4 is 0 Å². The third kappa shape index (κ3) is 3.51. The van der Waals surface area contributed by atoms with Crippen molar-refractivity contribution in [2.24, 2.45) is 0 Å². The van der Waals surface area contributed by atoms with Crippen LogP contribution in [0.25, 0.3) is 0 Å². The predicted molar refractivity (Wildman–Crippen MR) is 77.7 cm³/mol. The summed E-state index contributed by atoms with van der Waals surface area (Å²) in [6.45, 7) is 5.57. The second kappa shape index (κ2) is 6.41. The van der Waals surface area contributed by atoms with Crippen LogP contribution in [0.15, 0.2) is 0 Å². The number of aliphatic hydroxyl groups excluding tert-OH is 1. The van der Waals surface area contributed by atoms with E-state index in [1.807, 2.05) is 6.92 Å². The van der Waals surface area contributed by atoms with Crippen molar-refractivity contribution < 1.29 is 18.3 Å². The maximum Gasteiger partial charge on any atom is 0.241 e. The number of aliphatic hydroxyl groups is 1. The van der Waals surface area contributed by atoms with Crippen LogP contribution in [-0.4, -0.2) is 66.2 Å². The standard InChI is InChI=1S/C13H26N2O4S/c1-5-9-20(18,19)15-8-6-7-11(15)12(17)14(4)13(2,3)10-16/h11,16H,5-10H2,1-4H3. The van der Waals surface area contributed by atoms with Gasteiger partial charge < -0.3 is 10.0 Å². The summed E-state index contributed by atoms with van der Waals surface area (Å²) in [7, 11) is -1.75. The van der Waals surface area contributed by atoms with Gasteiger partial charge in [-0.15, -0.1) is 0 Å². The molecular formula is C13H26N2O4S. The van der Waals surface area contributed by atoms with Crippen LogP contribution in [0.2, 0.25) is 0 Å². The number of amides is 1. The number of sulfonamides is 1. The van der Waals surface area contributed by atoms with E-state index in [0.717, 1.165) is 0 Å². The van der Waals surface area contributed by atoms with Crippen molar-refractivity contribution >= 4 is 15.9 Å². The SMILES string of the molecule is CCCS(=O)(=O)N1CCCC1C(=O)N(C)C(C)(C)CO. The van der Waals surface area contributed by atoms with Gasteiger partial charge in [-0.25, -0.2) is 8.42 Å². The van der Waals surface area contributed by atoms with Crippen LogP contribution in [0.3, 0.4) is 0 Å². The molecule has 0 aromatic rings. The van der Waals surface area contributed by atoms with Crippen molar-refractivity contribution in [2.75, 3.05) is 26.0 Å². The van der Waals surface area contributed by atoms with Crippen molar-refractivity contribution in [1.29, 1.82) is 0 Å². The molecule has 1 atom stereocenters. The van der Waals surface area contributed by atoms with E-state index >= 15 is 0 Å². The van der Waals surface area contributed by atoms with Crippen LogP contribution in [0.1, 0.15) is 40.0 Å². The lowest BCUT2D eigenvalue weighted by atomic mass is 10.0. The molecule has 1 aliphatic rings. The lowest BCUT2D eigenvalue weighted by Gasteiger charge is -2.37. The van der Waals surface area contributed by atoms with Crippen LogP contribution in [0.5, 0.6) is 0 Å². The Morgan fingerprint density at radius 3 is 2.55 bits per heavy atom. The van der Waals surface area contributed by atoms with Gasteiger partial charge in [0.25, 0.3) is 0 Å². The largest absolute Gasteiger partial charge is 0.394 e. The van der Waals surface area contributed by atoms with Crippen molar-refractivity contribution in [3.05, 3.63) is 0 Å². The molecule has 0 saturated carbocycles. The monoisotopic (exact) mass is 306 g/mol. The van der Waals surface area contributed by atoms with E-state index in [4.69, 9.17) is 0 Å². The molecule has 1 N–H and O–H groups in total. The Morgan fingerprint density at radius 1 is 1.45 bits per heavy atom. The first kappa shape index (κ1) is 17.4. The average Bonchev–Trinajstić information content (AvgIpc) is 2.86. The Hall–Kier alpha value is -0.660. The van der Waals surface area contributed by atoms with Crippen LogP contribution in [0.4, 0.5) is 0 Å². The Bertz CT molecular complexity index is 447. The second-order valence-corrected chi connectivity index (χ2v) is 7.99. The fourth-order valence-corrected chi connectivity index (χ4v) is 4.06. The van der Waals surface area contributed by atoms with Gasteiger partial charge in [0.2, 0.25) is 15.9 Å². The Morgan fingerprint density at radius 2 is 2.05 bits per heavy atom. The molecule has 0 aliphatic carbocycles. The number of likely N-dealkylation sites (N-methyl/N-ethyl adjacent to an activating group) is 1. The zero-order valence-corrected chi connectivity index (χ0v) is 13.6. The minimum absolute atomic E-state index is 0.0733. The lowest BCUT2D eigenvalue weighted by Crippen LogP contribution is -2.54. The number of hydrogen-bond acceptors (Lipinski definition) is 4. The molecule has 1 rings (SSSR count). The first-order chi connectivity index (χ1) is 9.17. The fraction of sp³-hybridized carbons (Fsp3) is 0.923. The summed E-state index contributed by atoms with van der Waals surface area (Å²) < 4.78 is 25.7. The van der Waals surface area contributed by atoms with Gasteiger partial charge in [-0.3, -0.25) is 4.79 Å². The highest BCUT2D eigenvalue weighted by Crippen LogP contribution is 2.25. The van der Waals surface area contributed by atoms with E-state index in [0.29, 0.717) is 25.8 Å². The van der Waals surface area contributed by atoms with E-state index in [-0.39, 0.29) is 18.3 Å². The summed E-state index contributed by atoms with van der Waals surface area (Å²) in [6, 6.07) is -0.623. The zero-order chi connectivity index (χ0) is 15.6. The normalized spacial score (nSPS) is 21.1. The minimum atomic E-state index is -3.37. The van der Waals surface area contributed by atoms with Crippen molar-refractivity contribution in [3.8, 4) is 0 Å². The lowest BCUT2D eigenvalue weighted by molar-refractivity contribution is -0.139. The Balaban J connectivity index is 2.93. The molecular weight excluding hydrogens is 280 g/mol. The van der Waals surface area contributed by atoms with E-state index in [1.165, 1.54) is 9.21 Å². The summed E-state index contributed by atoms with van der Waals surface area (Å²) in [5.41, 5.74) is -0.695. The average molecular weight is 306 g/mol. The number of rotatable bonds is 6. The van der Waals surface area contributed by atoms with Crippen LogP contribution >= 0.6 is 0 Å². The summed E-state index contributed by atoms with van der Waals surface area (Å²) in [4.78, 5) is 14.0. The van der Waals surface area contributed by atoms with Gasteiger partial charge in [-0.05, 0) is 33.1 Å². The molecule has 1 heterocycles. The predicted octanol–water partition coefficient (Wildman–Crippen LogP) is 0.420. The topological polar surface area (TPSA) is 77.9 Å². The molecule has 0 radical (unpaired) electrons. The molecule has 7 heteroatoms. The van der Waals surface area contributed by atoms with Gasteiger partial charge >= 0.3 is 0 Å². The van der Waals surface area contributed by atoms with Gasteiger partial charge in [0.15, 0.2) is 0 Å². The molecule has 1 amide bonds. The van der Waals surface area contributed by atoms with E-state index in [9.17, 15) is 18.3 Å². The van der Waals surface area contributed by atoms with Crippen LogP contribution in [-0.2, 0) is 14.8 Å². The highest BCUT2D eigenvalue weighted by Gasteiger charge is 2.41. The maximum absolute atomic E-state index is 12.5. The van der Waals surface area contributed by atoms with E-state index in [1.54, 1.807) is 20.9 Å². The quantitative estimate of drug-likeness (QED) is 0.771. The van der Waals surface area contributed by atoms with Gasteiger partial charge in [0.05, 0.1) is 17.9 Å². The summed E-state index contributed by atoms with van der Waals surface area (Å²) >= 11 is 0. The van der Waals surface area contributed by atoms with Gasteiger partial charge in [0, 0.05) is 13.6 Å². The van der Waals surface area contributed by atoms with Crippen molar-refractivity contribution in [2.45, 2.75) is 51.6 Å². The molecule has 118 valence electrons. The van der Waals surface area contributed by atoms with Gasteiger partial charge in [0.1, 0.15) is 6.04 Å². The van der Waals surface area contributed by atoms with Crippen LogP contribution in [0, 0.1) is 0 Å². The highest BCUT2D eigenvalue weighted by atomic mass is 32.2. The third-order valence-electron chi connectivity index (χ3n) is 3.93. The molecule has 0 spiro atoms. The van der Waals surface area contributed by atoms with Gasteiger partial charge in [-0.1, -0.05) is 6.92 Å². The summed E-state index contributed by atoms with van der Waals surface area (Å²) in [5, 5.41) is 9.34. The fourth-order valence-electron chi connectivity index (χ4n) is 2.32. The molecule has 6 nitrogen and oxygen atoms in total. The molecule has 1 fully saturated rings. The van der Waals surface area contributed by atoms with E-state index < -0.39 is 21.6 Å². The summed E-state index contributed by atoms with van der Waals surface area (Å²) in [6.07, 6.45) is 1.79. The molecule has 0 bridgehead atoms. The number of nitrogens with zero attached hydrogens (tertiary/aromatic N) is 2. The van der Waals surface area contributed by atoms with E-state index in [2.05, 4.69) is 0 Å². The first-order valence-corrected chi connectivity index (χ1v) is 8.66. The number of carbonyl (C=O) groups is 1. The Labute approximate surface area is 121 Å². The smallest absolute Gasteiger partial charge is 0.241 e. The van der Waals surface area contributed by atoms with Gasteiger partial charge in [-0.2, -0.15) is 4.31 Å².